The van der Waals surface area contributed by atoms with Crippen molar-refractivity contribution in [3.63, 3.8) is 0 Å². The maximum absolute atomic E-state index is 12.9. The van der Waals surface area contributed by atoms with E-state index >= 15 is 0 Å². The lowest BCUT2D eigenvalue weighted by Crippen LogP contribution is -2.16. The average Bonchev–Trinajstić information content (AvgIpc) is 3.05. The Morgan fingerprint density at radius 2 is 2.00 bits per heavy atom. The van der Waals surface area contributed by atoms with Crippen LogP contribution in [0, 0.1) is 6.92 Å². The highest BCUT2D eigenvalue weighted by molar-refractivity contribution is 6.05. The molecule has 7 nitrogen and oxygen atoms in total. The maximum Gasteiger partial charge on any atom is 0.336 e. The molecule has 0 saturated carbocycles. The summed E-state index contributed by atoms with van der Waals surface area (Å²) in [6.07, 6.45) is 0. The van der Waals surface area contributed by atoms with Crippen LogP contribution in [0.1, 0.15) is 21.6 Å². The molecule has 2 aromatic heterocycles. The van der Waals surface area contributed by atoms with Gasteiger partial charge in [-0.05, 0) is 36.8 Å². The number of amides is 1. The quantitative estimate of drug-likeness (QED) is 0.531. The Labute approximate surface area is 165 Å². The molecule has 0 saturated heterocycles. The lowest BCUT2D eigenvalue weighted by molar-refractivity contribution is 0.101. The van der Waals surface area contributed by atoms with Gasteiger partial charge in [0, 0.05) is 41.4 Å². The largest absolute Gasteiger partial charge is 0.488 e. The lowest BCUT2D eigenvalue weighted by atomic mass is 10.0. The van der Waals surface area contributed by atoms with Crippen LogP contribution in [0.5, 0.6) is 5.75 Å². The summed E-state index contributed by atoms with van der Waals surface area (Å²) in [5.74, 6) is 0.425. The molecule has 0 radical (unpaired) electrons. The first-order valence-electron chi connectivity index (χ1n) is 9.15. The number of rotatable bonds is 2. The van der Waals surface area contributed by atoms with Gasteiger partial charge in [0.2, 0.25) is 0 Å². The zero-order valence-corrected chi connectivity index (χ0v) is 15.9. The van der Waals surface area contributed by atoms with Crippen molar-refractivity contribution in [2.75, 3.05) is 5.32 Å². The van der Waals surface area contributed by atoms with Gasteiger partial charge in [-0.1, -0.05) is 12.1 Å². The van der Waals surface area contributed by atoms with Crippen LogP contribution in [-0.4, -0.2) is 15.7 Å². The van der Waals surface area contributed by atoms with Crippen LogP contribution in [-0.2, 0) is 13.7 Å². The molecule has 1 aliphatic rings. The Bertz CT molecular complexity index is 1350. The van der Waals surface area contributed by atoms with E-state index in [0.29, 0.717) is 17.0 Å². The zero-order valence-electron chi connectivity index (χ0n) is 15.9. The van der Waals surface area contributed by atoms with Crippen LogP contribution in [0.15, 0.2) is 57.7 Å². The van der Waals surface area contributed by atoms with Gasteiger partial charge in [-0.3, -0.25) is 9.48 Å². The van der Waals surface area contributed by atoms with Gasteiger partial charge in [-0.25, -0.2) is 4.79 Å². The molecule has 0 fully saturated rings. The molecule has 1 N–H and O–H groups in total. The third kappa shape index (κ3) is 2.79. The highest BCUT2D eigenvalue weighted by Crippen LogP contribution is 2.38. The summed E-state index contributed by atoms with van der Waals surface area (Å²) >= 11 is 0. The van der Waals surface area contributed by atoms with E-state index in [9.17, 15) is 9.59 Å². The highest BCUT2D eigenvalue weighted by atomic mass is 16.5. The van der Waals surface area contributed by atoms with E-state index in [1.165, 1.54) is 6.07 Å². The SMILES string of the molecule is Cc1cc(=O)oc2cc(NC(=O)c3nn(C)c4c3COc3ccccc3-4)ccc12. The minimum Gasteiger partial charge on any atom is -0.488 e. The fraction of sp³-hybridized carbons (Fsp3) is 0.136. The fourth-order valence-electron chi connectivity index (χ4n) is 3.75. The first-order chi connectivity index (χ1) is 14.0. The number of aryl methyl sites for hydroxylation is 2. The van der Waals surface area contributed by atoms with Crippen molar-refractivity contribution in [3.05, 3.63) is 75.8 Å². The van der Waals surface area contributed by atoms with Crippen LogP contribution in [0.25, 0.3) is 22.2 Å². The summed E-state index contributed by atoms with van der Waals surface area (Å²) in [5.41, 5.74) is 4.18. The van der Waals surface area contributed by atoms with Gasteiger partial charge < -0.3 is 14.5 Å². The molecular formula is C22H17N3O4. The summed E-state index contributed by atoms with van der Waals surface area (Å²) in [6.45, 7) is 2.12. The first-order valence-corrected chi connectivity index (χ1v) is 9.15. The summed E-state index contributed by atoms with van der Waals surface area (Å²) in [5, 5.41) is 8.10. The van der Waals surface area contributed by atoms with Gasteiger partial charge in [0.1, 0.15) is 17.9 Å². The molecule has 0 bridgehead atoms. The third-order valence-corrected chi connectivity index (χ3v) is 5.08. The van der Waals surface area contributed by atoms with E-state index < -0.39 is 5.63 Å². The standard InChI is InChI=1S/C22H17N3O4/c1-12-9-19(26)29-18-10-13(7-8-14(12)18)23-22(27)20-16-11-28-17-6-4-3-5-15(17)21(16)25(2)24-20/h3-10H,11H2,1-2H3,(H,23,27). The molecule has 0 spiro atoms. The number of ether oxygens (including phenoxy) is 1. The molecular weight excluding hydrogens is 370 g/mol. The Hall–Kier alpha value is -3.87. The number of carbonyl (C=O) groups is 1. The van der Waals surface area contributed by atoms with Crippen molar-refractivity contribution in [3.8, 4) is 17.0 Å². The van der Waals surface area contributed by atoms with Crippen molar-refractivity contribution in [1.29, 1.82) is 0 Å². The second-order valence-electron chi connectivity index (χ2n) is 7.00. The number of hydrogen-bond acceptors (Lipinski definition) is 5. The van der Waals surface area contributed by atoms with E-state index in [1.54, 1.807) is 16.8 Å². The van der Waals surface area contributed by atoms with E-state index in [1.807, 2.05) is 44.3 Å². The molecule has 144 valence electrons. The van der Waals surface area contributed by atoms with Crippen LogP contribution in [0.2, 0.25) is 0 Å². The van der Waals surface area contributed by atoms with E-state index in [-0.39, 0.29) is 12.5 Å². The monoisotopic (exact) mass is 387 g/mol. The molecule has 1 aliphatic heterocycles. The minimum absolute atomic E-state index is 0.273. The zero-order chi connectivity index (χ0) is 20.1. The Morgan fingerprint density at radius 1 is 1.17 bits per heavy atom. The predicted octanol–water partition coefficient (Wildman–Crippen LogP) is 3.65. The predicted molar refractivity (Wildman–Crippen MR) is 108 cm³/mol. The number of hydrogen-bond donors (Lipinski definition) is 1. The topological polar surface area (TPSA) is 86.4 Å². The molecule has 1 amide bonds. The summed E-state index contributed by atoms with van der Waals surface area (Å²) < 4.78 is 12.8. The van der Waals surface area contributed by atoms with Gasteiger partial charge >= 0.3 is 5.63 Å². The summed E-state index contributed by atoms with van der Waals surface area (Å²) in [4.78, 5) is 24.6. The van der Waals surface area contributed by atoms with E-state index in [0.717, 1.165) is 33.5 Å². The number of para-hydroxylation sites is 1. The molecule has 4 aromatic rings. The van der Waals surface area contributed by atoms with Crippen molar-refractivity contribution in [2.24, 2.45) is 7.05 Å². The normalized spacial score (nSPS) is 12.2. The van der Waals surface area contributed by atoms with Gasteiger partial charge in [-0.15, -0.1) is 0 Å². The summed E-state index contributed by atoms with van der Waals surface area (Å²) in [6, 6.07) is 14.4. The number of aromatic nitrogens is 2. The molecule has 29 heavy (non-hydrogen) atoms. The molecule has 0 unspecified atom stereocenters. The second-order valence-corrected chi connectivity index (χ2v) is 7.00. The maximum atomic E-state index is 12.9. The minimum atomic E-state index is -0.423. The molecule has 5 rings (SSSR count). The van der Waals surface area contributed by atoms with Gasteiger partial charge in [0.25, 0.3) is 5.91 Å². The van der Waals surface area contributed by atoms with Crippen LogP contribution in [0.4, 0.5) is 5.69 Å². The average molecular weight is 387 g/mol. The lowest BCUT2D eigenvalue weighted by Gasteiger charge is -2.18. The molecule has 3 heterocycles. The number of nitrogens with one attached hydrogen (secondary N) is 1. The van der Waals surface area contributed by atoms with Crippen molar-refractivity contribution in [2.45, 2.75) is 13.5 Å². The molecule has 7 heteroatoms. The Kier molecular flexibility index (Phi) is 3.77. The van der Waals surface area contributed by atoms with Crippen molar-refractivity contribution in [1.82, 2.24) is 9.78 Å². The molecule has 2 aromatic carbocycles. The van der Waals surface area contributed by atoms with Gasteiger partial charge in [-0.2, -0.15) is 5.10 Å². The van der Waals surface area contributed by atoms with Crippen LogP contribution < -0.4 is 15.7 Å². The van der Waals surface area contributed by atoms with Crippen molar-refractivity contribution < 1.29 is 13.9 Å². The molecule has 0 atom stereocenters. The van der Waals surface area contributed by atoms with Crippen LogP contribution in [0.3, 0.4) is 0 Å². The van der Waals surface area contributed by atoms with Gasteiger partial charge in [0.05, 0.1) is 5.69 Å². The number of carbonyl (C=O) groups excluding carboxylic acids is 1. The number of nitrogens with zero attached hydrogens (tertiary/aromatic N) is 2. The number of benzene rings is 2. The highest BCUT2D eigenvalue weighted by Gasteiger charge is 2.28. The van der Waals surface area contributed by atoms with Gasteiger partial charge in [0.15, 0.2) is 5.69 Å². The number of anilines is 1. The fourth-order valence-corrected chi connectivity index (χ4v) is 3.75. The van der Waals surface area contributed by atoms with E-state index in [2.05, 4.69) is 10.4 Å². The van der Waals surface area contributed by atoms with Crippen molar-refractivity contribution >= 4 is 22.6 Å². The molecule has 0 aliphatic carbocycles. The second kappa shape index (κ2) is 6.34. The first kappa shape index (κ1) is 17.2. The number of fused-ring (bicyclic) bond motifs is 4. The van der Waals surface area contributed by atoms with E-state index in [4.69, 9.17) is 9.15 Å². The smallest absolute Gasteiger partial charge is 0.336 e. The third-order valence-electron chi connectivity index (χ3n) is 5.08. The summed E-state index contributed by atoms with van der Waals surface area (Å²) in [7, 11) is 1.81. The van der Waals surface area contributed by atoms with Crippen LogP contribution >= 0.6 is 0 Å². The Morgan fingerprint density at radius 3 is 2.86 bits per heavy atom. The Balaban J connectivity index is 1.52.